The van der Waals surface area contributed by atoms with Crippen LogP contribution >= 0.6 is 0 Å². The van der Waals surface area contributed by atoms with E-state index in [4.69, 9.17) is 4.74 Å². The summed E-state index contributed by atoms with van der Waals surface area (Å²) < 4.78 is 20.6. The van der Waals surface area contributed by atoms with Crippen LogP contribution in [0.2, 0.25) is 0 Å². The molecule has 0 fully saturated rings. The molecule has 0 amide bonds. The average Bonchev–Trinajstić information content (AvgIpc) is 3.29. The van der Waals surface area contributed by atoms with Gasteiger partial charge in [-0.2, -0.15) is 5.10 Å². The van der Waals surface area contributed by atoms with Crippen molar-refractivity contribution in [3.63, 3.8) is 0 Å². The van der Waals surface area contributed by atoms with Crippen LogP contribution < -0.4 is 0 Å². The van der Waals surface area contributed by atoms with Crippen molar-refractivity contribution >= 4 is 17.9 Å². The van der Waals surface area contributed by atoms with Gasteiger partial charge < -0.3 is 4.74 Å². The summed E-state index contributed by atoms with van der Waals surface area (Å²) in [7, 11) is 0. The molecular formula is C29H35FN6O. The molecule has 1 N–H and O–H groups in total. The van der Waals surface area contributed by atoms with E-state index in [0.29, 0.717) is 30.6 Å². The van der Waals surface area contributed by atoms with Crippen LogP contribution in [0.15, 0.2) is 64.3 Å². The molecule has 0 bridgehead atoms. The molecule has 0 aliphatic carbocycles. The maximum Gasteiger partial charge on any atom is 0.221 e. The number of benzene rings is 1. The second-order valence-electron chi connectivity index (χ2n) is 9.28. The van der Waals surface area contributed by atoms with Gasteiger partial charge in [0.05, 0.1) is 5.69 Å². The predicted molar refractivity (Wildman–Crippen MR) is 147 cm³/mol. The molecule has 4 rings (SSSR count). The summed E-state index contributed by atoms with van der Waals surface area (Å²) in [4.78, 5) is 15.5. The molecule has 1 aromatic carbocycles. The van der Waals surface area contributed by atoms with E-state index in [-0.39, 0.29) is 11.7 Å². The summed E-state index contributed by atoms with van der Waals surface area (Å²) in [5, 5.41) is 7.59. The maximum atomic E-state index is 14.3. The van der Waals surface area contributed by atoms with Crippen LogP contribution in [0.4, 0.5) is 4.39 Å². The minimum absolute atomic E-state index is 0.0954. The van der Waals surface area contributed by atoms with Gasteiger partial charge in [-0.1, -0.05) is 38.5 Å². The van der Waals surface area contributed by atoms with Crippen LogP contribution in [0.25, 0.3) is 17.3 Å². The van der Waals surface area contributed by atoms with Gasteiger partial charge in [-0.05, 0) is 51.1 Å². The first-order chi connectivity index (χ1) is 18.0. The lowest BCUT2D eigenvalue weighted by Crippen LogP contribution is -2.36. The number of halogens is 1. The van der Waals surface area contributed by atoms with Crippen molar-refractivity contribution in [1.82, 2.24) is 20.1 Å². The van der Waals surface area contributed by atoms with E-state index >= 15 is 0 Å². The van der Waals surface area contributed by atoms with E-state index < -0.39 is 0 Å². The number of nitrogens with one attached hydrogen (secondary N) is 1. The van der Waals surface area contributed by atoms with Crippen molar-refractivity contribution in [1.29, 1.82) is 0 Å². The average molecular weight is 503 g/mol. The van der Waals surface area contributed by atoms with Gasteiger partial charge in [-0.25, -0.2) is 14.4 Å². The Morgan fingerprint density at radius 1 is 1.16 bits per heavy atom. The number of hydrogen-bond acceptors (Lipinski definition) is 6. The molecule has 3 aromatic rings. The van der Waals surface area contributed by atoms with Crippen molar-refractivity contribution in [2.24, 2.45) is 15.9 Å². The molecule has 1 aliphatic heterocycles. The van der Waals surface area contributed by atoms with E-state index in [0.717, 1.165) is 54.0 Å². The van der Waals surface area contributed by atoms with Gasteiger partial charge in [0.25, 0.3) is 0 Å². The monoisotopic (exact) mass is 502 g/mol. The SMILES string of the molecule is CCCC(CN(CC)Cc1ccccc1F)C1=NCN=C(/C(C)=C/c2c(-c3ccncc3)n[nH]c2C)O1. The molecule has 1 unspecified atom stereocenters. The van der Waals surface area contributed by atoms with Gasteiger partial charge in [-0.15, -0.1) is 0 Å². The molecule has 1 aliphatic rings. The minimum Gasteiger partial charge on any atom is -0.425 e. The summed E-state index contributed by atoms with van der Waals surface area (Å²) in [6, 6.07) is 10.8. The largest absolute Gasteiger partial charge is 0.425 e. The number of rotatable bonds is 11. The van der Waals surface area contributed by atoms with Crippen LogP contribution in [-0.4, -0.2) is 51.6 Å². The second kappa shape index (κ2) is 12.5. The zero-order chi connectivity index (χ0) is 26.2. The molecule has 1 atom stereocenters. The van der Waals surface area contributed by atoms with E-state index in [1.807, 2.05) is 38.1 Å². The summed E-state index contributed by atoms with van der Waals surface area (Å²) >= 11 is 0. The van der Waals surface area contributed by atoms with Crippen molar-refractivity contribution in [3.05, 3.63) is 77.0 Å². The van der Waals surface area contributed by atoms with E-state index in [9.17, 15) is 4.39 Å². The third-order valence-electron chi connectivity index (χ3n) is 6.55. The van der Waals surface area contributed by atoms with Gasteiger partial charge >= 0.3 is 0 Å². The number of pyridine rings is 1. The topological polar surface area (TPSA) is 78.8 Å². The Kier molecular flexibility index (Phi) is 8.95. The normalized spacial score (nSPS) is 14.8. The first-order valence-corrected chi connectivity index (χ1v) is 12.9. The van der Waals surface area contributed by atoms with Gasteiger partial charge in [0.2, 0.25) is 5.90 Å². The lowest BCUT2D eigenvalue weighted by molar-refractivity contribution is 0.239. The van der Waals surface area contributed by atoms with Crippen LogP contribution in [0.1, 0.15) is 50.4 Å². The highest BCUT2D eigenvalue weighted by molar-refractivity contribution is 6.05. The highest BCUT2D eigenvalue weighted by Crippen LogP contribution is 2.26. The van der Waals surface area contributed by atoms with Crippen LogP contribution in [-0.2, 0) is 11.3 Å². The lowest BCUT2D eigenvalue weighted by Gasteiger charge is -2.28. The van der Waals surface area contributed by atoms with E-state index in [2.05, 4.69) is 50.0 Å². The van der Waals surface area contributed by atoms with Crippen LogP contribution in [0, 0.1) is 18.7 Å². The van der Waals surface area contributed by atoms with Crippen molar-refractivity contribution in [2.75, 3.05) is 19.8 Å². The first-order valence-electron chi connectivity index (χ1n) is 12.9. The molecule has 3 heterocycles. The molecule has 0 spiro atoms. The Balaban J connectivity index is 1.50. The zero-order valence-electron chi connectivity index (χ0n) is 22.0. The number of nitrogens with zero attached hydrogens (tertiary/aromatic N) is 5. The number of H-pyrrole nitrogens is 1. The molecule has 2 aromatic heterocycles. The molecule has 0 saturated heterocycles. The Bertz CT molecular complexity index is 1280. The summed E-state index contributed by atoms with van der Waals surface area (Å²) in [5.74, 6) is 1.20. The van der Waals surface area contributed by atoms with Gasteiger partial charge in [0.1, 0.15) is 12.5 Å². The zero-order valence-corrected chi connectivity index (χ0v) is 22.0. The predicted octanol–water partition coefficient (Wildman–Crippen LogP) is 6.05. The van der Waals surface area contributed by atoms with Gasteiger partial charge in [-0.3, -0.25) is 15.0 Å². The standard InChI is InChI=1S/C29H35FN6O/c1-5-9-24(18-36(6-2)17-23-10-7-8-11-26(23)30)29-33-19-32-28(37-29)20(3)16-25-21(4)34-35-27(25)22-12-14-31-15-13-22/h7-8,10-16,24H,5-6,9,17-19H2,1-4H3,(H,34,35)/b20-16+. The third kappa shape index (κ3) is 6.57. The van der Waals surface area contributed by atoms with Crippen molar-refractivity contribution in [3.8, 4) is 11.3 Å². The van der Waals surface area contributed by atoms with Crippen LogP contribution in [0.5, 0.6) is 0 Å². The Morgan fingerprint density at radius 3 is 2.68 bits per heavy atom. The number of hydrogen-bond donors (Lipinski definition) is 1. The van der Waals surface area contributed by atoms with Crippen molar-refractivity contribution in [2.45, 2.75) is 47.1 Å². The summed E-state index contributed by atoms with van der Waals surface area (Å²) in [5.41, 5.74) is 5.41. The molecular weight excluding hydrogens is 467 g/mol. The van der Waals surface area contributed by atoms with E-state index in [1.54, 1.807) is 18.5 Å². The number of aryl methyl sites for hydroxylation is 1. The van der Waals surface area contributed by atoms with Crippen molar-refractivity contribution < 1.29 is 9.13 Å². The third-order valence-corrected chi connectivity index (χ3v) is 6.55. The van der Waals surface area contributed by atoms with E-state index in [1.165, 1.54) is 6.07 Å². The first kappa shape index (κ1) is 26.4. The fourth-order valence-electron chi connectivity index (χ4n) is 4.50. The van der Waals surface area contributed by atoms with Crippen LogP contribution in [0.3, 0.4) is 0 Å². The molecule has 37 heavy (non-hydrogen) atoms. The number of aliphatic imine (C=N–C) groups is 2. The Hall–Kier alpha value is -3.65. The molecule has 0 saturated carbocycles. The summed E-state index contributed by atoms with van der Waals surface area (Å²) in [6.45, 7) is 10.7. The highest BCUT2D eigenvalue weighted by atomic mass is 19.1. The minimum atomic E-state index is -0.171. The Labute approximate surface area is 218 Å². The molecule has 8 heteroatoms. The highest BCUT2D eigenvalue weighted by Gasteiger charge is 2.25. The smallest absolute Gasteiger partial charge is 0.221 e. The molecule has 7 nitrogen and oxygen atoms in total. The number of aromatic nitrogens is 3. The fraction of sp³-hybridized carbons (Fsp3) is 0.379. The molecule has 194 valence electrons. The summed E-state index contributed by atoms with van der Waals surface area (Å²) in [6.07, 6.45) is 7.50. The number of aromatic amines is 1. The fourth-order valence-corrected chi connectivity index (χ4v) is 4.50. The second-order valence-corrected chi connectivity index (χ2v) is 9.28. The van der Waals surface area contributed by atoms with Gasteiger partial charge in [0, 0.05) is 59.4 Å². The quantitative estimate of drug-likeness (QED) is 0.346. The lowest BCUT2D eigenvalue weighted by atomic mass is 10.0. The van der Waals surface area contributed by atoms with Gasteiger partial charge in [0.15, 0.2) is 5.90 Å². The maximum absolute atomic E-state index is 14.3. The Morgan fingerprint density at radius 2 is 1.95 bits per heavy atom. The molecule has 0 radical (unpaired) electrons. The number of ether oxygens (including phenoxy) is 1.